The van der Waals surface area contributed by atoms with E-state index in [1.807, 2.05) is 25.7 Å². The van der Waals surface area contributed by atoms with Crippen molar-refractivity contribution in [3.8, 4) is 0 Å². The summed E-state index contributed by atoms with van der Waals surface area (Å²) in [5.41, 5.74) is -0.386. The van der Waals surface area contributed by atoms with Crippen LogP contribution in [0.15, 0.2) is 0 Å². The van der Waals surface area contributed by atoms with Gasteiger partial charge < -0.3 is 15.0 Å². The van der Waals surface area contributed by atoms with E-state index in [4.69, 9.17) is 4.74 Å². The second kappa shape index (κ2) is 7.51. The number of carbonyl (C=O) groups excluding carboxylic acids is 1. The molecule has 0 aliphatic carbocycles. The molecule has 20 heavy (non-hydrogen) atoms. The molecule has 0 unspecified atom stereocenters. The van der Waals surface area contributed by atoms with Crippen molar-refractivity contribution in [2.24, 2.45) is 11.8 Å². The fourth-order valence-corrected chi connectivity index (χ4v) is 3.20. The van der Waals surface area contributed by atoms with Gasteiger partial charge in [0.2, 0.25) is 0 Å². The topological polar surface area (TPSA) is 41.6 Å². The highest BCUT2D eigenvalue weighted by atomic mass is 35.5. The minimum Gasteiger partial charge on any atom is -0.444 e. The molecular formula is C15H29ClN2O2. The van der Waals surface area contributed by atoms with E-state index in [0.29, 0.717) is 0 Å². The van der Waals surface area contributed by atoms with Crippen LogP contribution in [0.25, 0.3) is 0 Å². The van der Waals surface area contributed by atoms with E-state index >= 15 is 0 Å². The van der Waals surface area contributed by atoms with Crippen LogP contribution < -0.4 is 5.32 Å². The van der Waals surface area contributed by atoms with Crippen molar-refractivity contribution >= 4 is 18.5 Å². The lowest BCUT2D eigenvalue weighted by Gasteiger charge is -2.38. The summed E-state index contributed by atoms with van der Waals surface area (Å²) >= 11 is 0. The maximum atomic E-state index is 12.0. The van der Waals surface area contributed by atoms with Gasteiger partial charge in [-0.25, -0.2) is 4.79 Å². The van der Waals surface area contributed by atoms with E-state index in [9.17, 15) is 4.79 Å². The van der Waals surface area contributed by atoms with E-state index in [1.165, 1.54) is 12.8 Å². The molecule has 0 bridgehead atoms. The van der Waals surface area contributed by atoms with Crippen molar-refractivity contribution in [3.05, 3.63) is 0 Å². The molecule has 2 fully saturated rings. The molecule has 0 aromatic carbocycles. The SMILES string of the molecule is CC(C)(C)OC(=O)N1CCC(C2CCNCC2)CC1.Cl. The van der Waals surface area contributed by atoms with E-state index in [2.05, 4.69) is 5.32 Å². The van der Waals surface area contributed by atoms with Crippen LogP contribution in [0.1, 0.15) is 46.5 Å². The molecule has 0 saturated carbocycles. The first-order valence-corrected chi connectivity index (χ1v) is 7.64. The highest BCUT2D eigenvalue weighted by molar-refractivity contribution is 5.85. The Balaban J connectivity index is 0.00000200. The number of amides is 1. The maximum absolute atomic E-state index is 12.0. The Kier molecular flexibility index (Phi) is 6.59. The molecule has 4 nitrogen and oxygen atoms in total. The van der Waals surface area contributed by atoms with Crippen LogP contribution in [0.4, 0.5) is 4.79 Å². The van der Waals surface area contributed by atoms with E-state index in [1.54, 1.807) is 0 Å². The van der Waals surface area contributed by atoms with Crippen LogP contribution >= 0.6 is 12.4 Å². The second-order valence-corrected chi connectivity index (χ2v) is 6.89. The van der Waals surface area contributed by atoms with Crippen molar-refractivity contribution in [2.45, 2.75) is 52.1 Å². The number of rotatable bonds is 1. The molecule has 118 valence electrons. The lowest BCUT2D eigenvalue weighted by molar-refractivity contribution is 0.0150. The molecule has 2 saturated heterocycles. The summed E-state index contributed by atoms with van der Waals surface area (Å²) in [5.74, 6) is 1.67. The molecule has 1 N–H and O–H groups in total. The summed E-state index contributed by atoms with van der Waals surface area (Å²) in [6.07, 6.45) is 4.75. The highest BCUT2D eigenvalue weighted by Gasteiger charge is 2.30. The Morgan fingerprint density at radius 3 is 2.05 bits per heavy atom. The molecule has 2 aliphatic rings. The predicted molar refractivity (Wildman–Crippen MR) is 83.4 cm³/mol. The van der Waals surface area contributed by atoms with Crippen molar-refractivity contribution < 1.29 is 9.53 Å². The third kappa shape index (κ3) is 5.13. The quantitative estimate of drug-likeness (QED) is 0.809. The summed E-state index contributed by atoms with van der Waals surface area (Å²) in [6, 6.07) is 0. The van der Waals surface area contributed by atoms with Crippen LogP contribution in [0.3, 0.4) is 0 Å². The van der Waals surface area contributed by atoms with Gasteiger partial charge in [-0.2, -0.15) is 0 Å². The van der Waals surface area contributed by atoms with Crippen LogP contribution in [0.5, 0.6) is 0 Å². The van der Waals surface area contributed by atoms with Crippen molar-refractivity contribution in [2.75, 3.05) is 26.2 Å². The van der Waals surface area contributed by atoms with Crippen LogP contribution in [0.2, 0.25) is 0 Å². The summed E-state index contributed by atoms with van der Waals surface area (Å²) in [4.78, 5) is 13.9. The number of piperidine rings is 2. The first-order chi connectivity index (χ1) is 8.96. The number of ether oxygens (including phenoxy) is 1. The number of likely N-dealkylation sites (tertiary alicyclic amines) is 1. The largest absolute Gasteiger partial charge is 0.444 e. The standard InChI is InChI=1S/C15H28N2O2.ClH/c1-15(2,3)19-14(18)17-10-6-13(7-11-17)12-4-8-16-9-5-12;/h12-13,16H,4-11H2,1-3H3;1H. The van der Waals surface area contributed by atoms with E-state index in [-0.39, 0.29) is 24.1 Å². The van der Waals surface area contributed by atoms with Crippen molar-refractivity contribution in [3.63, 3.8) is 0 Å². The molecule has 0 atom stereocenters. The van der Waals surface area contributed by atoms with E-state index < -0.39 is 0 Å². The van der Waals surface area contributed by atoms with Gasteiger partial charge in [0.05, 0.1) is 0 Å². The Labute approximate surface area is 129 Å². The monoisotopic (exact) mass is 304 g/mol. The fraction of sp³-hybridized carbons (Fsp3) is 0.933. The van der Waals surface area contributed by atoms with Crippen molar-refractivity contribution in [1.82, 2.24) is 10.2 Å². The number of nitrogens with one attached hydrogen (secondary N) is 1. The van der Waals surface area contributed by atoms with Gasteiger partial charge in [-0.15, -0.1) is 12.4 Å². The minimum atomic E-state index is -0.386. The Morgan fingerprint density at radius 2 is 1.55 bits per heavy atom. The molecule has 2 heterocycles. The number of hydrogen-bond donors (Lipinski definition) is 1. The Bertz CT molecular complexity index is 303. The van der Waals surface area contributed by atoms with Crippen LogP contribution in [-0.4, -0.2) is 42.8 Å². The summed E-state index contributed by atoms with van der Waals surface area (Å²) in [6.45, 7) is 9.83. The molecule has 0 aromatic rings. The Morgan fingerprint density at radius 1 is 1.05 bits per heavy atom. The maximum Gasteiger partial charge on any atom is 0.410 e. The average molecular weight is 305 g/mol. The average Bonchev–Trinajstić information content (AvgIpc) is 2.38. The third-order valence-corrected chi connectivity index (χ3v) is 4.24. The molecule has 2 rings (SSSR count). The normalized spacial score (nSPS) is 22.2. The number of nitrogens with zero attached hydrogens (tertiary/aromatic N) is 1. The molecule has 0 spiro atoms. The van der Waals surface area contributed by atoms with Crippen LogP contribution in [-0.2, 0) is 4.74 Å². The van der Waals surface area contributed by atoms with Gasteiger partial charge in [0.15, 0.2) is 0 Å². The van der Waals surface area contributed by atoms with Gasteiger partial charge >= 0.3 is 6.09 Å². The van der Waals surface area contributed by atoms with Gasteiger partial charge in [-0.1, -0.05) is 0 Å². The van der Waals surface area contributed by atoms with Crippen LogP contribution in [0, 0.1) is 11.8 Å². The molecule has 2 aliphatic heterocycles. The summed E-state index contributed by atoms with van der Waals surface area (Å²) < 4.78 is 5.43. The summed E-state index contributed by atoms with van der Waals surface area (Å²) in [5, 5.41) is 3.42. The predicted octanol–water partition coefficient (Wildman–Crippen LogP) is 3.05. The fourth-order valence-electron chi connectivity index (χ4n) is 3.20. The molecule has 5 heteroatoms. The lowest BCUT2D eigenvalue weighted by Crippen LogP contribution is -2.44. The molecule has 0 radical (unpaired) electrons. The zero-order valence-electron chi connectivity index (χ0n) is 13.0. The van der Waals surface area contributed by atoms with Gasteiger partial charge in [0.1, 0.15) is 5.60 Å². The van der Waals surface area contributed by atoms with Crippen molar-refractivity contribution in [1.29, 1.82) is 0 Å². The third-order valence-electron chi connectivity index (χ3n) is 4.24. The number of halogens is 1. The number of carbonyl (C=O) groups is 1. The highest BCUT2D eigenvalue weighted by Crippen LogP contribution is 2.31. The van der Waals surface area contributed by atoms with Gasteiger partial charge in [-0.3, -0.25) is 0 Å². The number of hydrogen-bond acceptors (Lipinski definition) is 3. The molecule has 0 aromatic heterocycles. The van der Waals surface area contributed by atoms with Gasteiger partial charge in [-0.05, 0) is 71.4 Å². The smallest absolute Gasteiger partial charge is 0.410 e. The molecular weight excluding hydrogens is 276 g/mol. The van der Waals surface area contributed by atoms with Gasteiger partial charge in [0.25, 0.3) is 0 Å². The first kappa shape index (κ1) is 17.6. The van der Waals surface area contributed by atoms with Gasteiger partial charge in [0, 0.05) is 13.1 Å². The lowest BCUT2D eigenvalue weighted by atomic mass is 9.79. The Hall–Kier alpha value is -0.480. The second-order valence-electron chi connectivity index (χ2n) is 6.89. The zero-order chi connectivity index (χ0) is 13.9. The minimum absolute atomic E-state index is 0. The zero-order valence-corrected chi connectivity index (χ0v) is 13.8. The van der Waals surface area contributed by atoms with E-state index in [0.717, 1.165) is 50.9 Å². The first-order valence-electron chi connectivity index (χ1n) is 7.64. The molecule has 1 amide bonds. The summed E-state index contributed by atoms with van der Waals surface area (Å²) in [7, 11) is 0.